The number of aromatic nitrogens is 3. The predicted octanol–water partition coefficient (Wildman–Crippen LogP) is 4.31. The topological polar surface area (TPSA) is 82.5 Å². The van der Waals surface area contributed by atoms with Crippen molar-refractivity contribution in [2.45, 2.75) is 58.0 Å². The molecule has 32 heavy (non-hydrogen) atoms. The van der Waals surface area contributed by atoms with Gasteiger partial charge in [0.1, 0.15) is 17.6 Å². The number of hydrogen-bond acceptors (Lipinski definition) is 6. The number of hydrogen-bond donors (Lipinski definition) is 1. The molecule has 1 fully saturated rings. The molecule has 3 aromatic rings. The summed E-state index contributed by atoms with van der Waals surface area (Å²) in [6.07, 6.45) is 7.90. The lowest BCUT2D eigenvalue weighted by Crippen LogP contribution is -2.24. The maximum atomic E-state index is 8.82. The molecule has 2 aromatic heterocycles. The third kappa shape index (κ3) is 5.86. The molecule has 2 atom stereocenters. The fourth-order valence-electron chi connectivity index (χ4n) is 3.67. The molecule has 1 unspecified atom stereocenters. The molecule has 0 radical (unpaired) electrons. The summed E-state index contributed by atoms with van der Waals surface area (Å²) in [4.78, 5) is 4.49. The molecule has 1 aliphatic heterocycles. The number of imidazole rings is 1. The molecule has 0 saturated carbocycles. The normalized spacial score (nSPS) is 17.0. The number of nitrogens with zero attached hydrogens (tertiary/aromatic N) is 3. The number of unbranched alkanes of at least 4 members (excludes halogenated alkanes) is 1. The summed E-state index contributed by atoms with van der Waals surface area (Å²) < 4.78 is 19.4. The molecular weight excluding hydrogens is 406 g/mol. The van der Waals surface area contributed by atoms with Crippen LogP contribution >= 0.6 is 0 Å². The summed E-state index contributed by atoms with van der Waals surface area (Å²) in [5.74, 6) is 7.71. The van der Waals surface area contributed by atoms with E-state index in [1.807, 2.05) is 48.0 Å². The van der Waals surface area contributed by atoms with E-state index >= 15 is 0 Å². The van der Waals surface area contributed by atoms with Crippen LogP contribution in [0.25, 0.3) is 11.3 Å². The summed E-state index contributed by atoms with van der Waals surface area (Å²) >= 11 is 0. The van der Waals surface area contributed by atoms with Crippen LogP contribution in [-0.2, 0) is 16.0 Å². The van der Waals surface area contributed by atoms with Crippen molar-refractivity contribution < 1.29 is 19.1 Å². The van der Waals surface area contributed by atoms with Gasteiger partial charge in [-0.05, 0) is 56.9 Å². The summed E-state index contributed by atoms with van der Waals surface area (Å²) in [6.45, 7) is 3.47. The van der Waals surface area contributed by atoms with Gasteiger partial charge in [0.05, 0.1) is 6.54 Å². The minimum atomic E-state index is -0.175. The zero-order valence-electron chi connectivity index (χ0n) is 18.4. The van der Waals surface area contributed by atoms with E-state index in [0.717, 1.165) is 48.5 Å². The standard InChI is InChI=1S/C25H29N3O4/c1-19(31-24-8-4-6-16-30-24)25-26-13-14-28(25)18-22-17-23(32-27-22)21-11-9-20(10-12-21)7-3-2-5-15-29/h9-14,17,19,24,29H,2,4-6,8,15-16,18H2,1H3/t19-,24?/m0/s1. The van der Waals surface area contributed by atoms with Crippen LogP contribution in [0.15, 0.2) is 47.2 Å². The van der Waals surface area contributed by atoms with Gasteiger partial charge in [0, 0.05) is 49.2 Å². The van der Waals surface area contributed by atoms with Gasteiger partial charge < -0.3 is 23.7 Å². The summed E-state index contributed by atoms with van der Waals surface area (Å²) in [6, 6.07) is 9.82. The zero-order chi connectivity index (χ0) is 22.2. The number of rotatable bonds is 8. The minimum absolute atomic E-state index is 0.162. The Morgan fingerprint density at radius 3 is 2.94 bits per heavy atom. The SMILES string of the molecule is C[C@H](OC1CCCCO1)c1nccn1Cc1cc(-c2ccc(C#CCCCO)cc2)on1. The Balaban J connectivity index is 1.38. The minimum Gasteiger partial charge on any atom is -0.396 e. The number of ether oxygens (including phenoxy) is 2. The first-order valence-electron chi connectivity index (χ1n) is 11.2. The zero-order valence-corrected chi connectivity index (χ0v) is 18.4. The second kappa shape index (κ2) is 11.1. The van der Waals surface area contributed by atoms with E-state index in [1.54, 1.807) is 6.20 Å². The van der Waals surface area contributed by atoms with Crippen LogP contribution in [0.4, 0.5) is 0 Å². The number of aliphatic hydroxyl groups excluding tert-OH is 1. The van der Waals surface area contributed by atoms with Gasteiger partial charge in [-0.15, -0.1) is 0 Å². The van der Waals surface area contributed by atoms with Gasteiger partial charge >= 0.3 is 0 Å². The highest BCUT2D eigenvalue weighted by atomic mass is 16.7. The van der Waals surface area contributed by atoms with Crippen LogP contribution < -0.4 is 0 Å². The molecule has 7 nitrogen and oxygen atoms in total. The van der Waals surface area contributed by atoms with Crippen molar-refractivity contribution in [3.8, 4) is 23.2 Å². The van der Waals surface area contributed by atoms with Gasteiger partial charge in [-0.1, -0.05) is 17.0 Å². The quantitative estimate of drug-likeness (QED) is 0.419. The van der Waals surface area contributed by atoms with Crippen molar-refractivity contribution in [2.75, 3.05) is 13.2 Å². The average molecular weight is 436 g/mol. The second-order valence-corrected chi connectivity index (χ2v) is 7.88. The predicted molar refractivity (Wildman–Crippen MR) is 120 cm³/mol. The third-order valence-electron chi connectivity index (χ3n) is 5.36. The van der Waals surface area contributed by atoms with Gasteiger partial charge in [-0.2, -0.15) is 0 Å². The van der Waals surface area contributed by atoms with E-state index in [2.05, 4.69) is 22.0 Å². The molecule has 7 heteroatoms. The van der Waals surface area contributed by atoms with Crippen molar-refractivity contribution in [3.63, 3.8) is 0 Å². The molecule has 0 aliphatic carbocycles. The van der Waals surface area contributed by atoms with Crippen molar-refractivity contribution in [2.24, 2.45) is 0 Å². The Kier molecular flexibility index (Phi) is 7.73. The molecule has 168 valence electrons. The largest absolute Gasteiger partial charge is 0.396 e. The highest BCUT2D eigenvalue weighted by Gasteiger charge is 2.21. The van der Waals surface area contributed by atoms with Crippen LogP contribution in [0.1, 0.15) is 62.2 Å². The van der Waals surface area contributed by atoms with Gasteiger partial charge in [0.2, 0.25) is 0 Å². The van der Waals surface area contributed by atoms with Crippen molar-refractivity contribution in [1.29, 1.82) is 0 Å². The monoisotopic (exact) mass is 435 g/mol. The Labute approximate surface area is 188 Å². The van der Waals surface area contributed by atoms with E-state index in [4.69, 9.17) is 19.1 Å². The number of aliphatic hydroxyl groups is 1. The third-order valence-corrected chi connectivity index (χ3v) is 5.36. The van der Waals surface area contributed by atoms with Gasteiger partial charge in [0.15, 0.2) is 12.1 Å². The van der Waals surface area contributed by atoms with Crippen LogP contribution in [0, 0.1) is 11.8 Å². The maximum absolute atomic E-state index is 8.82. The molecule has 4 rings (SSSR count). The first-order valence-corrected chi connectivity index (χ1v) is 11.2. The highest BCUT2D eigenvalue weighted by Crippen LogP contribution is 2.24. The van der Waals surface area contributed by atoms with Gasteiger partial charge in [-0.3, -0.25) is 0 Å². The molecule has 0 amide bonds. The number of benzene rings is 1. The fraction of sp³-hybridized carbons (Fsp3) is 0.440. The Bertz CT molecular complexity index is 1040. The molecule has 1 N–H and O–H groups in total. The van der Waals surface area contributed by atoms with Crippen LogP contribution in [0.3, 0.4) is 0 Å². The van der Waals surface area contributed by atoms with E-state index in [1.165, 1.54) is 0 Å². The van der Waals surface area contributed by atoms with Gasteiger partial charge in [-0.25, -0.2) is 4.98 Å². The molecule has 0 spiro atoms. The smallest absolute Gasteiger partial charge is 0.167 e. The van der Waals surface area contributed by atoms with E-state index < -0.39 is 0 Å². The van der Waals surface area contributed by atoms with Gasteiger partial charge in [0.25, 0.3) is 0 Å². The van der Waals surface area contributed by atoms with E-state index in [-0.39, 0.29) is 19.0 Å². The lowest BCUT2D eigenvalue weighted by Gasteiger charge is -2.26. The Morgan fingerprint density at radius 1 is 1.28 bits per heavy atom. The molecule has 0 bridgehead atoms. The average Bonchev–Trinajstić information content (AvgIpc) is 3.48. The molecule has 3 heterocycles. The molecule has 1 aliphatic rings. The van der Waals surface area contributed by atoms with Crippen molar-refractivity contribution in [1.82, 2.24) is 14.7 Å². The summed E-state index contributed by atoms with van der Waals surface area (Å²) in [7, 11) is 0. The Hall–Kier alpha value is -2.92. The van der Waals surface area contributed by atoms with Crippen molar-refractivity contribution >= 4 is 0 Å². The lowest BCUT2D eigenvalue weighted by molar-refractivity contribution is -0.188. The Morgan fingerprint density at radius 2 is 2.16 bits per heavy atom. The van der Waals surface area contributed by atoms with Crippen LogP contribution in [0.5, 0.6) is 0 Å². The summed E-state index contributed by atoms with van der Waals surface area (Å²) in [5, 5.41) is 13.1. The maximum Gasteiger partial charge on any atom is 0.167 e. The first kappa shape index (κ1) is 22.3. The lowest BCUT2D eigenvalue weighted by atomic mass is 10.1. The second-order valence-electron chi connectivity index (χ2n) is 7.88. The first-order chi connectivity index (χ1) is 15.7. The van der Waals surface area contributed by atoms with Crippen LogP contribution in [0.2, 0.25) is 0 Å². The highest BCUT2D eigenvalue weighted by molar-refractivity contribution is 5.59. The molecule has 1 aromatic carbocycles. The van der Waals surface area contributed by atoms with Crippen LogP contribution in [-0.4, -0.2) is 39.3 Å². The fourth-order valence-corrected chi connectivity index (χ4v) is 3.67. The molecular formula is C25H29N3O4. The van der Waals surface area contributed by atoms with Crippen molar-refractivity contribution in [3.05, 3.63) is 59.8 Å². The summed E-state index contributed by atoms with van der Waals surface area (Å²) in [5.41, 5.74) is 2.69. The van der Waals surface area contributed by atoms with E-state index in [9.17, 15) is 0 Å². The van der Waals surface area contributed by atoms with E-state index in [0.29, 0.717) is 25.1 Å². The molecule has 1 saturated heterocycles.